The SMILES string of the molecule is CCOC(=O)c1cc(C(=O)OCC)c2ccc([C+](c3ccc4ccc(OC)ccc3-4)c3cc([C+](c4ccc5c(C(=O)OCC)cc(C(=O)OCC)c-5cc4)c4ccc5ccc(OC)ccc4-5)c4ccc(OC)ccc3-4)ccc1-2. The molecule has 0 saturated carbocycles. The maximum atomic E-state index is 13.6. The summed E-state index contributed by atoms with van der Waals surface area (Å²) in [5, 5.41) is 0. The monoisotopic (exact) mass is 1040 g/mol. The van der Waals surface area contributed by atoms with Crippen LogP contribution in [-0.4, -0.2) is 71.6 Å². The summed E-state index contributed by atoms with van der Waals surface area (Å²) in [7, 11) is 4.92. The van der Waals surface area contributed by atoms with Crippen molar-refractivity contribution in [1.82, 2.24) is 0 Å². The van der Waals surface area contributed by atoms with E-state index in [-0.39, 0.29) is 48.7 Å². The van der Waals surface area contributed by atoms with Crippen molar-refractivity contribution in [2.75, 3.05) is 47.8 Å². The van der Waals surface area contributed by atoms with Crippen LogP contribution in [0.1, 0.15) is 103 Å². The van der Waals surface area contributed by atoms with Crippen LogP contribution in [0.4, 0.5) is 0 Å². The van der Waals surface area contributed by atoms with Crippen molar-refractivity contribution in [1.29, 1.82) is 0 Å². The summed E-state index contributed by atoms with van der Waals surface area (Å²) in [6.45, 7) is 7.57. The first-order valence-electron chi connectivity index (χ1n) is 25.9. The highest BCUT2D eigenvalue weighted by Crippen LogP contribution is 2.51. The highest BCUT2D eigenvalue weighted by molar-refractivity contribution is 6.09. The van der Waals surface area contributed by atoms with Gasteiger partial charge in [0.1, 0.15) is 17.2 Å². The molecule has 0 saturated heterocycles. The summed E-state index contributed by atoms with van der Waals surface area (Å²) in [6.07, 6.45) is 0. The van der Waals surface area contributed by atoms with Gasteiger partial charge in [-0.05, 0) is 185 Å². The van der Waals surface area contributed by atoms with Crippen molar-refractivity contribution in [3.8, 4) is 72.9 Å². The molecule has 11 nitrogen and oxygen atoms in total. The number of fused-ring (bicyclic) bond motifs is 5. The van der Waals surface area contributed by atoms with Crippen LogP contribution < -0.4 is 14.2 Å². The van der Waals surface area contributed by atoms with Crippen LogP contribution in [0.2, 0.25) is 0 Å². The second-order valence-corrected chi connectivity index (χ2v) is 18.3. The van der Waals surface area contributed by atoms with E-state index in [0.717, 1.165) is 78.6 Å². The maximum absolute atomic E-state index is 13.6. The fraction of sp³-hybridized carbons (Fsp3) is 0.164. The Morgan fingerprint density at radius 1 is 0.308 bits per heavy atom. The first-order valence-corrected chi connectivity index (χ1v) is 25.9. The number of hydrogen-bond donors (Lipinski definition) is 0. The lowest BCUT2D eigenvalue weighted by molar-refractivity contribution is 0.0511. The third-order valence-corrected chi connectivity index (χ3v) is 14.1. The van der Waals surface area contributed by atoms with E-state index in [2.05, 4.69) is 54.6 Å². The molecular formula is C67H56O11+2. The van der Waals surface area contributed by atoms with Gasteiger partial charge in [0.05, 0.1) is 126 Å². The van der Waals surface area contributed by atoms with Gasteiger partial charge in [-0.2, -0.15) is 0 Å². The highest BCUT2D eigenvalue weighted by atomic mass is 16.5. The van der Waals surface area contributed by atoms with Crippen LogP contribution in [0.3, 0.4) is 0 Å². The molecule has 0 aliphatic heterocycles. The van der Waals surface area contributed by atoms with E-state index in [1.165, 1.54) is 0 Å². The molecule has 0 heterocycles. The Bertz CT molecular complexity index is 3360. The van der Waals surface area contributed by atoms with Gasteiger partial charge in [0.2, 0.25) is 0 Å². The van der Waals surface area contributed by atoms with Gasteiger partial charge in [-0.25, -0.2) is 19.2 Å². The predicted molar refractivity (Wildman–Crippen MR) is 300 cm³/mol. The number of methoxy groups -OCH3 is 3. The van der Waals surface area contributed by atoms with Gasteiger partial charge in [0.25, 0.3) is 0 Å². The lowest BCUT2D eigenvalue weighted by atomic mass is 9.83. The summed E-state index contributed by atoms with van der Waals surface area (Å²) in [4.78, 5) is 54.5. The lowest BCUT2D eigenvalue weighted by Crippen LogP contribution is -2.05. The maximum Gasteiger partial charge on any atom is 0.338 e. The van der Waals surface area contributed by atoms with Crippen molar-refractivity contribution in [3.63, 3.8) is 0 Å². The van der Waals surface area contributed by atoms with Gasteiger partial charge in [-0.3, -0.25) is 0 Å². The van der Waals surface area contributed by atoms with E-state index in [1.54, 1.807) is 61.2 Å². The second-order valence-electron chi connectivity index (χ2n) is 18.3. The molecule has 0 fully saturated rings. The standard InChI is InChI=1S/C67H56O11/c1-8-75-64(68)58-37-59(65(69)76-9-2)51-27-17-41(16-26-50(51)58)62(54-30-14-39-12-20-43(72-5)22-32-46(39)54)56-36-57(49-35-25-45(74-7)24-34-48(49)56)63(55-31-15-40-13-21-44(73-6)23-33-47(40)55)42-18-28-52-53(29-19-42)61(67(71)78-11-4)38-60(52)66(70)77-10-3/h12-38H,8-11H2,1-7H3/q+2. The Balaban J connectivity index is 1.29. The van der Waals surface area contributed by atoms with Crippen molar-refractivity contribution in [2.45, 2.75) is 27.7 Å². The fourth-order valence-corrected chi connectivity index (χ4v) is 10.5. The smallest absolute Gasteiger partial charge is 0.338 e. The molecule has 0 radical (unpaired) electrons. The Morgan fingerprint density at radius 2 is 0.577 bits per heavy atom. The van der Waals surface area contributed by atoms with Gasteiger partial charge in [0, 0.05) is 50.6 Å². The van der Waals surface area contributed by atoms with Crippen LogP contribution in [0.15, 0.2) is 164 Å². The molecule has 0 N–H and O–H groups in total. The van der Waals surface area contributed by atoms with Gasteiger partial charge >= 0.3 is 23.9 Å². The molecule has 10 rings (SSSR count). The minimum Gasteiger partial charge on any atom is -0.497 e. The van der Waals surface area contributed by atoms with Crippen LogP contribution in [0, 0.1) is 11.8 Å². The third-order valence-electron chi connectivity index (χ3n) is 14.1. The summed E-state index contributed by atoms with van der Waals surface area (Å²) in [5.74, 6) is 1.50. The quantitative estimate of drug-likeness (QED) is 0.0490. The molecule has 10 aliphatic rings. The van der Waals surface area contributed by atoms with E-state index >= 15 is 0 Å². The first kappa shape index (κ1) is 52.0. The van der Waals surface area contributed by atoms with Crippen molar-refractivity contribution >= 4 is 23.9 Å². The van der Waals surface area contributed by atoms with E-state index in [0.29, 0.717) is 39.5 Å². The summed E-state index contributed by atoms with van der Waals surface area (Å²) >= 11 is 0. The van der Waals surface area contributed by atoms with Gasteiger partial charge in [-0.1, -0.05) is 0 Å². The summed E-state index contributed by atoms with van der Waals surface area (Å²) in [5.41, 5.74) is 13.8. The normalized spacial score (nSPS) is 11.2. The zero-order valence-electron chi connectivity index (χ0n) is 44.4. The zero-order valence-corrected chi connectivity index (χ0v) is 44.4. The third kappa shape index (κ3) is 9.59. The van der Waals surface area contributed by atoms with Gasteiger partial charge in [-0.15, -0.1) is 0 Å². The van der Waals surface area contributed by atoms with Crippen LogP contribution in [0.5, 0.6) is 17.2 Å². The summed E-state index contributed by atoms with van der Waals surface area (Å²) < 4.78 is 39.4. The first-order chi connectivity index (χ1) is 38.0. The Hall–Kier alpha value is -9.48. The van der Waals surface area contributed by atoms with E-state index < -0.39 is 23.9 Å². The molecule has 0 aromatic carbocycles. The molecule has 0 aromatic rings. The average molecular weight is 1040 g/mol. The molecule has 11 heteroatoms. The molecule has 10 aliphatic carbocycles. The Kier molecular flexibility index (Phi) is 14.9. The van der Waals surface area contributed by atoms with Crippen LogP contribution in [-0.2, 0) is 18.9 Å². The summed E-state index contributed by atoms with van der Waals surface area (Å²) in [6, 6.07) is 53.1. The molecule has 0 bridgehead atoms. The number of carbonyl (C=O) groups excluding carboxylic acids is 4. The van der Waals surface area contributed by atoms with E-state index in [4.69, 9.17) is 33.2 Å². The topological polar surface area (TPSA) is 133 Å². The fourth-order valence-electron chi connectivity index (χ4n) is 10.5. The van der Waals surface area contributed by atoms with Gasteiger partial charge < -0.3 is 33.2 Å². The minimum atomic E-state index is -0.551. The molecular weight excluding hydrogens is 981 g/mol. The van der Waals surface area contributed by atoms with Crippen molar-refractivity contribution < 1.29 is 52.3 Å². The molecule has 0 amide bonds. The Morgan fingerprint density at radius 3 is 0.872 bits per heavy atom. The van der Waals surface area contributed by atoms with Gasteiger partial charge in [0.15, 0.2) is 0 Å². The average Bonchev–Trinajstić information content (AvgIpc) is 4.31. The van der Waals surface area contributed by atoms with Crippen molar-refractivity contribution in [2.24, 2.45) is 0 Å². The molecule has 0 atom stereocenters. The predicted octanol–water partition coefficient (Wildman–Crippen LogP) is 14.0. The molecule has 0 spiro atoms. The van der Waals surface area contributed by atoms with Crippen molar-refractivity contribution in [3.05, 3.63) is 231 Å². The number of carbonyl (C=O) groups is 4. The molecule has 78 heavy (non-hydrogen) atoms. The minimum absolute atomic E-state index is 0.151. The number of esters is 4. The number of hydrogen-bond acceptors (Lipinski definition) is 11. The second kappa shape index (κ2) is 22.4. The molecule has 388 valence electrons. The largest absolute Gasteiger partial charge is 0.497 e. The number of rotatable bonds is 17. The molecule has 0 aromatic heterocycles. The lowest BCUT2D eigenvalue weighted by Gasteiger charge is -2.13. The van der Waals surface area contributed by atoms with E-state index in [9.17, 15) is 19.2 Å². The van der Waals surface area contributed by atoms with Crippen LogP contribution in [0.25, 0.3) is 55.6 Å². The highest BCUT2D eigenvalue weighted by Gasteiger charge is 2.40. The Labute approximate surface area is 453 Å². The van der Waals surface area contributed by atoms with Crippen LogP contribution >= 0.6 is 0 Å². The molecule has 0 unspecified atom stereocenters. The number of ether oxygens (including phenoxy) is 7. The zero-order chi connectivity index (χ0) is 54.6. The van der Waals surface area contributed by atoms with E-state index in [1.807, 2.05) is 97.1 Å².